The van der Waals surface area contributed by atoms with Crippen LogP contribution in [0, 0.1) is 11.7 Å². The molecule has 0 saturated heterocycles. The highest BCUT2D eigenvalue weighted by atomic mass is 19.1. The number of nitrogens with one attached hydrogen (secondary N) is 1. The number of anilines is 1. The maximum atomic E-state index is 13.3. The van der Waals surface area contributed by atoms with Gasteiger partial charge in [0.2, 0.25) is 0 Å². The number of carbonyl (C=O) groups is 2. The molecule has 0 aliphatic heterocycles. The maximum absolute atomic E-state index is 13.3. The number of benzene rings is 3. The highest BCUT2D eigenvalue weighted by Gasteiger charge is 2.20. The quantitative estimate of drug-likeness (QED) is 0.341. The number of halogens is 1. The summed E-state index contributed by atoms with van der Waals surface area (Å²) in [7, 11) is 0. The van der Waals surface area contributed by atoms with E-state index < -0.39 is 5.91 Å². The van der Waals surface area contributed by atoms with Crippen LogP contribution in [0.5, 0.6) is 0 Å². The van der Waals surface area contributed by atoms with Gasteiger partial charge in [-0.3, -0.25) is 9.59 Å². The van der Waals surface area contributed by atoms with Crippen molar-refractivity contribution in [2.75, 3.05) is 12.3 Å². The van der Waals surface area contributed by atoms with Gasteiger partial charge in [0.05, 0.1) is 5.56 Å². The van der Waals surface area contributed by atoms with E-state index >= 15 is 0 Å². The second-order valence-electron chi connectivity index (χ2n) is 8.73. The van der Waals surface area contributed by atoms with Gasteiger partial charge in [-0.05, 0) is 65.1 Å². The number of hydrogen-bond donors (Lipinski definition) is 3. The molecule has 2 amide bonds. The lowest BCUT2D eigenvalue weighted by molar-refractivity contribution is 0.0947. The first kappa shape index (κ1) is 23.0. The number of primary amides is 1. The SMILES string of the molecule is CC(C)CNC(=O)c1cc(N)cc(-c2ccc3oc(Cc4ccc(F)cc4)c(C(N)=O)c3c2)c1. The Morgan fingerprint density at radius 1 is 1.00 bits per heavy atom. The van der Waals surface area contributed by atoms with Crippen LogP contribution in [0.25, 0.3) is 22.1 Å². The zero-order chi connectivity index (χ0) is 24.4. The van der Waals surface area contributed by atoms with E-state index in [2.05, 4.69) is 5.32 Å². The molecular formula is C27H26FN3O3. The van der Waals surface area contributed by atoms with E-state index in [-0.39, 0.29) is 17.3 Å². The Balaban J connectivity index is 1.73. The van der Waals surface area contributed by atoms with Crippen LogP contribution in [0.4, 0.5) is 10.1 Å². The van der Waals surface area contributed by atoms with Crippen molar-refractivity contribution in [2.45, 2.75) is 20.3 Å². The molecule has 1 heterocycles. The van der Waals surface area contributed by atoms with Gasteiger partial charge in [-0.2, -0.15) is 0 Å². The zero-order valence-corrected chi connectivity index (χ0v) is 19.0. The predicted molar refractivity (Wildman–Crippen MR) is 131 cm³/mol. The van der Waals surface area contributed by atoms with Crippen molar-refractivity contribution < 1.29 is 18.4 Å². The number of rotatable bonds is 7. The molecule has 4 rings (SSSR count). The Morgan fingerprint density at radius 3 is 2.41 bits per heavy atom. The van der Waals surface area contributed by atoms with Crippen molar-refractivity contribution in [1.82, 2.24) is 5.32 Å². The van der Waals surface area contributed by atoms with Gasteiger partial charge in [-0.15, -0.1) is 0 Å². The standard InChI is InChI=1S/C27H26FN3O3/c1-15(2)14-31-27(33)19-10-18(11-21(29)12-19)17-5-8-23-22(13-17)25(26(30)32)24(34-23)9-16-3-6-20(28)7-4-16/h3-8,10-13,15H,9,14,29H2,1-2H3,(H2,30,32)(H,31,33). The summed E-state index contributed by atoms with van der Waals surface area (Å²) < 4.78 is 19.2. The number of amides is 2. The van der Waals surface area contributed by atoms with Crippen LogP contribution in [0.2, 0.25) is 0 Å². The van der Waals surface area contributed by atoms with Crippen LogP contribution in [-0.4, -0.2) is 18.4 Å². The molecular weight excluding hydrogens is 433 g/mol. The zero-order valence-electron chi connectivity index (χ0n) is 19.0. The second-order valence-corrected chi connectivity index (χ2v) is 8.73. The summed E-state index contributed by atoms with van der Waals surface area (Å²) in [5.41, 5.74) is 15.8. The van der Waals surface area contributed by atoms with E-state index in [0.717, 1.165) is 16.7 Å². The highest BCUT2D eigenvalue weighted by Crippen LogP contribution is 2.33. The summed E-state index contributed by atoms with van der Waals surface area (Å²) in [5, 5.41) is 3.46. The number of fused-ring (bicyclic) bond motifs is 1. The average Bonchev–Trinajstić information content (AvgIpc) is 3.15. The van der Waals surface area contributed by atoms with E-state index in [0.29, 0.717) is 46.9 Å². The third-order valence-corrected chi connectivity index (χ3v) is 5.51. The van der Waals surface area contributed by atoms with Crippen molar-refractivity contribution in [2.24, 2.45) is 11.7 Å². The Kier molecular flexibility index (Phi) is 6.36. The molecule has 0 radical (unpaired) electrons. The van der Waals surface area contributed by atoms with Crippen molar-refractivity contribution in [1.29, 1.82) is 0 Å². The minimum absolute atomic E-state index is 0.203. The number of nitrogen functional groups attached to an aromatic ring is 1. The number of carbonyl (C=O) groups excluding carboxylic acids is 2. The Hall–Kier alpha value is -4.13. The fourth-order valence-corrected chi connectivity index (χ4v) is 3.86. The molecule has 0 fully saturated rings. The average molecular weight is 460 g/mol. The molecule has 5 N–H and O–H groups in total. The lowest BCUT2D eigenvalue weighted by Gasteiger charge is -2.10. The number of furan rings is 1. The van der Waals surface area contributed by atoms with Gasteiger partial charge in [-0.25, -0.2) is 4.39 Å². The molecule has 0 aliphatic rings. The van der Waals surface area contributed by atoms with Crippen LogP contribution < -0.4 is 16.8 Å². The van der Waals surface area contributed by atoms with Crippen LogP contribution in [-0.2, 0) is 6.42 Å². The summed E-state index contributed by atoms with van der Waals surface area (Å²) in [5.74, 6) is -0.426. The predicted octanol–water partition coefficient (Wildman–Crippen LogP) is 4.90. The van der Waals surface area contributed by atoms with Gasteiger partial charge >= 0.3 is 0 Å². The molecule has 34 heavy (non-hydrogen) atoms. The molecule has 3 aromatic carbocycles. The van der Waals surface area contributed by atoms with Gasteiger partial charge in [0.1, 0.15) is 17.2 Å². The maximum Gasteiger partial charge on any atom is 0.252 e. The van der Waals surface area contributed by atoms with Gasteiger partial charge in [0.25, 0.3) is 11.8 Å². The van der Waals surface area contributed by atoms with E-state index in [1.165, 1.54) is 12.1 Å². The summed E-state index contributed by atoms with van der Waals surface area (Å²) in [4.78, 5) is 24.9. The van der Waals surface area contributed by atoms with Gasteiger partial charge in [0, 0.05) is 29.6 Å². The molecule has 0 bridgehead atoms. The Labute approximate surface area is 196 Å². The van der Waals surface area contributed by atoms with Crippen LogP contribution in [0.3, 0.4) is 0 Å². The monoisotopic (exact) mass is 459 g/mol. The lowest BCUT2D eigenvalue weighted by atomic mass is 9.98. The number of nitrogens with two attached hydrogens (primary N) is 2. The largest absolute Gasteiger partial charge is 0.460 e. The van der Waals surface area contributed by atoms with E-state index in [1.54, 1.807) is 42.5 Å². The summed E-state index contributed by atoms with van der Waals surface area (Å²) in [6.07, 6.45) is 0.293. The van der Waals surface area contributed by atoms with Crippen molar-refractivity contribution in [3.05, 3.63) is 88.9 Å². The smallest absolute Gasteiger partial charge is 0.252 e. The first-order valence-electron chi connectivity index (χ1n) is 11.0. The van der Waals surface area contributed by atoms with Gasteiger partial charge < -0.3 is 21.2 Å². The normalized spacial score (nSPS) is 11.2. The topological polar surface area (TPSA) is 111 Å². The molecule has 0 aliphatic carbocycles. The van der Waals surface area contributed by atoms with E-state index in [4.69, 9.17) is 15.9 Å². The first-order valence-corrected chi connectivity index (χ1v) is 11.0. The van der Waals surface area contributed by atoms with Crippen molar-refractivity contribution in [3.63, 3.8) is 0 Å². The van der Waals surface area contributed by atoms with Crippen LogP contribution in [0.15, 0.2) is 65.1 Å². The minimum Gasteiger partial charge on any atom is -0.460 e. The van der Waals surface area contributed by atoms with Crippen molar-refractivity contribution in [3.8, 4) is 11.1 Å². The molecule has 6 nitrogen and oxygen atoms in total. The van der Waals surface area contributed by atoms with Crippen molar-refractivity contribution >= 4 is 28.5 Å². The molecule has 7 heteroatoms. The Bertz CT molecular complexity index is 1370. The van der Waals surface area contributed by atoms with Gasteiger partial charge in [-0.1, -0.05) is 32.0 Å². The third kappa shape index (κ3) is 4.93. The summed E-state index contributed by atoms with van der Waals surface area (Å²) in [6.45, 7) is 4.60. The molecule has 0 saturated carbocycles. The highest BCUT2D eigenvalue weighted by molar-refractivity contribution is 6.07. The van der Waals surface area contributed by atoms with E-state index in [9.17, 15) is 14.0 Å². The molecule has 0 atom stereocenters. The minimum atomic E-state index is -0.616. The van der Waals surface area contributed by atoms with Crippen LogP contribution in [0.1, 0.15) is 45.9 Å². The molecule has 4 aromatic rings. The fraction of sp³-hybridized carbons (Fsp3) is 0.185. The van der Waals surface area contributed by atoms with Crippen LogP contribution >= 0.6 is 0 Å². The summed E-state index contributed by atoms with van der Waals surface area (Å²) in [6, 6.07) is 16.5. The van der Waals surface area contributed by atoms with E-state index in [1.807, 2.05) is 19.9 Å². The molecule has 174 valence electrons. The van der Waals surface area contributed by atoms with Gasteiger partial charge in [0.15, 0.2) is 0 Å². The second kappa shape index (κ2) is 9.39. The fourth-order valence-electron chi connectivity index (χ4n) is 3.86. The third-order valence-electron chi connectivity index (χ3n) is 5.51. The first-order chi connectivity index (χ1) is 16.2. The molecule has 0 spiro atoms. The number of hydrogen-bond acceptors (Lipinski definition) is 4. The Morgan fingerprint density at radius 2 is 1.74 bits per heavy atom. The lowest BCUT2D eigenvalue weighted by Crippen LogP contribution is -2.27. The summed E-state index contributed by atoms with van der Waals surface area (Å²) >= 11 is 0. The molecule has 1 aromatic heterocycles. The molecule has 0 unspecified atom stereocenters.